The van der Waals surface area contributed by atoms with Gasteiger partial charge in [0.05, 0.1) is 12.3 Å². The summed E-state index contributed by atoms with van der Waals surface area (Å²) in [4.78, 5) is 2.10. The standard InChI is InChI=1S/C16H21NO3S2/c1-4-5-10-20-15-9-7-6-8-14(15)17-22(18,19)16-11-12(2)21-13(16)3/h6-9,11,17H,4-5,10H2,1-3H3. The first-order chi connectivity index (χ1) is 10.4. The number of benzene rings is 1. The number of rotatable bonds is 7. The minimum atomic E-state index is -3.60. The van der Waals surface area contributed by atoms with Gasteiger partial charge in [0.25, 0.3) is 10.0 Å². The molecule has 0 aliphatic heterocycles. The molecule has 120 valence electrons. The Morgan fingerprint density at radius 3 is 2.59 bits per heavy atom. The summed E-state index contributed by atoms with van der Waals surface area (Å²) < 4.78 is 33.4. The fraction of sp³-hybridized carbons (Fsp3) is 0.375. The summed E-state index contributed by atoms with van der Waals surface area (Å²) in [7, 11) is -3.60. The van der Waals surface area contributed by atoms with E-state index in [0.29, 0.717) is 22.9 Å². The van der Waals surface area contributed by atoms with Crippen molar-refractivity contribution >= 4 is 27.0 Å². The van der Waals surface area contributed by atoms with Gasteiger partial charge in [0.15, 0.2) is 0 Å². The summed E-state index contributed by atoms with van der Waals surface area (Å²) in [5.41, 5.74) is 0.474. The van der Waals surface area contributed by atoms with Gasteiger partial charge >= 0.3 is 0 Å². The van der Waals surface area contributed by atoms with E-state index in [1.165, 1.54) is 11.3 Å². The van der Waals surface area contributed by atoms with E-state index in [2.05, 4.69) is 11.6 Å². The van der Waals surface area contributed by atoms with Crippen LogP contribution < -0.4 is 9.46 Å². The van der Waals surface area contributed by atoms with Gasteiger partial charge in [0.1, 0.15) is 10.6 Å². The average molecular weight is 339 g/mol. The zero-order valence-electron chi connectivity index (χ0n) is 13.0. The van der Waals surface area contributed by atoms with Crippen LogP contribution in [0.3, 0.4) is 0 Å². The molecule has 2 aromatic rings. The van der Waals surface area contributed by atoms with Crippen LogP contribution in [0.15, 0.2) is 35.2 Å². The smallest absolute Gasteiger partial charge is 0.263 e. The molecule has 0 saturated carbocycles. The maximum atomic E-state index is 12.6. The van der Waals surface area contributed by atoms with Crippen molar-refractivity contribution in [2.24, 2.45) is 0 Å². The van der Waals surface area contributed by atoms with Crippen LogP contribution in [0.5, 0.6) is 5.75 Å². The van der Waals surface area contributed by atoms with Crippen molar-refractivity contribution in [2.45, 2.75) is 38.5 Å². The molecule has 1 heterocycles. The highest BCUT2D eigenvalue weighted by atomic mass is 32.2. The first-order valence-electron chi connectivity index (χ1n) is 7.25. The van der Waals surface area contributed by atoms with Gasteiger partial charge in [-0.1, -0.05) is 25.5 Å². The van der Waals surface area contributed by atoms with Gasteiger partial charge in [0.2, 0.25) is 0 Å². The zero-order chi connectivity index (χ0) is 16.2. The van der Waals surface area contributed by atoms with Crippen molar-refractivity contribution in [3.05, 3.63) is 40.1 Å². The molecule has 0 bridgehead atoms. The third-order valence-corrected chi connectivity index (χ3v) is 5.76. The second kappa shape index (κ2) is 7.15. The lowest BCUT2D eigenvalue weighted by atomic mass is 10.3. The fourth-order valence-corrected chi connectivity index (χ4v) is 4.70. The van der Waals surface area contributed by atoms with Gasteiger partial charge < -0.3 is 4.74 Å². The molecule has 1 aromatic heterocycles. The Bertz CT molecular complexity index is 736. The van der Waals surface area contributed by atoms with Gasteiger partial charge in [-0.05, 0) is 38.5 Å². The second-order valence-corrected chi connectivity index (χ2v) is 8.19. The van der Waals surface area contributed by atoms with Crippen LogP contribution in [0.4, 0.5) is 5.69 Å². The Hall–Kier alpha value is -1.53. The number of anilines is 1. The van der Waals surface area contributed by atoms with Crippen molar-refractivity contribution in [1.29, 1.82) is 0 Å². The number of nitrogens with one attached hydrogen (secondary N) is 1. The quantitative estimate of drug-likeness (QED) is 0.763. The molecular weight excluding hydrogens is 318 g/mol. The highest BCUT2D eigenvalue weighted by molar-refractivity contribution is 7.93. The van der Waals surface area contributed by atoms with Gasteiger partial charge in [-0.15, -0.1) is 11.3 Å². The molecule has 0 fully saturated rings. The molecule has 0 spiro atoms. The Balaban J connectivity index is 2.24. The Morgan fingerprint density at radius 2 is 1.95 bits per heavy atom. The first kappa shape index (κ1) is 16.8. The van der Waals surface area contributed by atoms with E-state index in [-0.39, 0.29) is 0 Å². The first-order valence-corrected chi connectivity index (χ1v) is 9.55. The van der Waals surface area contributed by atoms with E-state index < -0.39 is 10.0 Å². The molecule has 6 heteroatoms. The molecule has 0 atom stereocenters. The number of para-hydroxylation sites is 2. The SMILES string of the molecule is CCCCOc1ccccc1NS(=O)(=O)c1cc(C)sc1C. The van der Waals surface area contributed by atoms with Crippen molar-refractivity contribution in [3.63, 3.8) is 0 Å². The Morgan fingerprint density at radius 1 is 1.23 bits per heavy atom. The number of thiophene rings is 1. The topological polar surface area (TPSA) is 55.4 Å². The van der Waals surface area contributed by atoms with Crippen LogP contribution >= 0.6 is 11.3 Å². The maximum Gasteiger partial charge on any atom is 0.263 e. The number of hydrogen-bond donors (Lipinski definition) is 1. The van der Waals surface area contributed by atoms with Gasteiger partial charge in [0, 0.05) is 9.75 Å². The molecule has 1 N–H and O–H groups in total. The van der Waals surface area contributed by atoms with E-state index in [9.17, 15) is 8.42 Å². The predicted octanol–water partition coefficient (Wildman–Crippen LogP) is 4.34. The highest BCUT2D eigenvalue weighted by Gasteiger charge is 2.20. The lowest BCUT2D eigenvalue weighted by Gasteiger charge is -2.13. The molecule has 0 aliphatic carbocycles. The van der Waals surface area contributed by atoms with Crippen LogP contribution in [0.1, 0.15) is 29.5 Å². The van der Waals surface area contributed by atoms with E-state index in [1.54, 1.807) is 24.3 Å². The molecule has 0 aliphatic rings. The molecule has 0 unspecified atom stereocenters. The van der Waals surface area contributed by atoms with Crippen molar-refractivity contribution < 1.29 is 13.2 Å². The number of aryl methyl sites for hydroxylation is 2. The summed E-state index contributed by atoms with van der Waals surface area (Å²) >= 11 is 1.48. The highest BCUT2D eigenvalue weighted by Crippen LogP contribution is 2.30. The van der Waals surface area contributed by atoms with E-state index >= 15 is 0 Å². The molecule has 22 heavy (non-hydrogen) atoms. The fourth-order valence-electron chi connectivity index (χ4n) is 2.08. The lowest BCUT2D eigenvalue weighted by Crippen LogP contribution is -2.14. The summed E-state index contributed by atoms with van der Waals surface area (Å²) in [5, 5.41) is 0. The van der Waals surface area contributed by atoms with Gasteiger partial charge in [-0.3, -0.25) is 4.72 Å². The molecule has 2 rings (SSSR count). The van der Waals surface area contributed by atoms with Gasteiger partial charge in [-0.25, -0.2) is 8.42 Å². The van der Waals surface area contributed by atoms with Crippen molar-refractivity contribution in [3.8, 4) is 5.75 Å². The Labute approximate surface area is 136 Å². The van der Waals surface area contributed by atoms with Crippen LogP contribution in [0.2, 0.25) is 0 Å². The minimum absolute atomic E-state index is 0.332. The van der Waals surface area contributed by atoms with Crippen LogP contribution in [-0.2, 0) is 10.0 Å². The summed E-state index contributed by atoms with van der Waals surface area (Å²) in [6.07, 6.45) is 1.96. The third-order valence-electron chi connectivity index (χ3n) is 3.17. The largest absolute Gasteiger partial charge is 0.491 e. The molecular formula is C16H21NO3S2. The maximum absolute atomic E-state index is 12.6. The van der Waals surface area contributed by atoms with Crippen LogP contribution in [0, 0.1) is 13.8 Å². The van der Waals surface area contributed by atoms with Crippen molar-refractivity contribution in [1.82, 2.24) is 0 Å². The molecule has 0 radical (unpaired) electrons. The lowest BCUT2D eigenvalue weighted by molar-refractivity contribution is 0.311. The summed E-state index contributed by atoms with van der Waals surface area (Å²) in [6.45, 7) is 6.37. The zero-order valence-corrected chi connectivity index (χ0v) is 14.7. The molecule has 4 nitrogen and oxygen atoms in total. The predicted molar refractivity (Wildman–Crippen MR) is 91.4 cm³/mol. The van der Waals surface area contributed by atoms with Crippen molar-refractivity contribution in [2.75, 3.05) is 11.3 Å². The minimum Gasteiger partial charge on any atom is -0.491 e. The second-order valence-electron chi connectivity index (χ2n) is 5.08. The molecule has 0 amide bonds. The Kier molecular flexibility index (Phi) is 5.47. The van der Waals surface area contributed by atoms with E-state index in [4.69, 9.17) is 4.74 Å². The monoisotopic (exact) mass is 339 g/mol. The van der Waals surface area contributed by atoms with E-state index in [0.717, 1.165) is 22.6 Å². The number of sulfonamides is 1. The number of hydrogen-bond acceptors (Lipinski definition) is 4. The normalized spacial score (nSPS) is 11.4. The molecule has 1 aromatic carbocycles. The molecule has 0 saturated heterocycles. The number of ether oxygens (including phenoxy) is 1. The van der Waals surface area contributed by atoms with E-state index in [1.807, 2.05) is 19.9 Å². The summed E-state index contributed by atoms with van der Waals surface area (Å²) in [5.74, 6) is 0.559. The van der Waals surface area contributed by atoms with Crippen LogP contribution in [0.25, 0.3) is 0 Å². The van der Waals surface area contributed by atoms with Crippen LogP contribution in [-0.4, -0.2) is 15.0 Å². The average Bonchev–Trinajstić information content (AvgIpc) is 2.80. The summed E-state index contributed by atoms with van der Waals surface area (Å²) in [6, 6.07) is 8.81. The number of unbranched alkanes of at least 4 members (excludes halogenated alkanes) is 1. The van der Waals surface area contributed by atoms with Gasteiger partial charge in [-0.2, -0.15) is 0 Å². The third kappa shape index (κ3) is 4.01.